The number of hydrogen-bond acceptors (Lipinski definition) is 6. The molecule has 0 aliphatic rings. The number of benzene rings is 2. The van der Waals surface area contributed by atoms with E-state index in [1.165, 1.54) is 37.4 Å². The molecule has 0 bridgehead atoms. The Labute approximate surface area is 174 Å². The minimum atomic E-state index is -0.743. The van der Waals surface area contributed by atoms with Gasteiger partial charge in [-0.2, -0.15) is 0 Å². The van der Waals surface area contributed by atoms with E-state index in [1.807, 2.05) is 0 Å². The Hall–Kier alpha value is -3.37. The number of nitro groups is 1. The number of amides is 3. The second-order valence-electron chi connectivity index (χ2n) is 5.45. The standard InChI is InChI=1S/C17H14Cl2N4O6/c1-29-14-5-2-9(6-13(14)23(27)28)16(25)20-8-15(24)21-22-17(26)11-7-10(18)3-4-12(11)19/h2-7H,8H2,1H3,(H,20,25)(H,21,24)(H,22,26). The molecule has 0 fully saturated rings. The zero-order valence-electron chi connectivity index (χ0n) is 14.8. The molecule has 0 aliphatic heterocycles. The normalized spacial score (nSPS) is 10.0. The van der Waals surface area contributed by atoms with E-state index in [0.717, 1.165) is 6.07 Å². The summed E-state index contributed by atoms with van der Waals surface area (Å²) in [6.45, 7) is -0.498. The van der Waals surface area contributed by atoms with E-state index < -0.39 is 34.9 Å². The Balaban J connectivity index is 1.91. The fourth-order valence-electron chi connectivity index (χ4n) is 2.15. The molecule has 3 amide bonds. The number of rotatable bonds is 6. The first kappa shape index (κ1) is 21.9. The second-order valence-corrected chi connectivity index (χ2v) is 6.30. The maximum atomic E-state index is 12.1. The third-order valence-corrected chi connectivity index (χ3v) is 4.10. The molecule has 0 atom stereocenters. The summed E-state index contributed by atoms with van der Waals surface area (Å²) in [5.74, 6) is -2.18. The lowest BCUT2D eigenvalue weighted by Gasteiger charge is -2.10. The van der Waals surface area contributed by atoms with Gasteiger partial charge in [0.1, 0.15) is 0 Å². The van der Waals surface area contributed by atoms with Gasteiger partial charge in [-0.05, 0) is 30.3 Å². The molecule has 0 aliphatic carbocycles. The molecule has 2 rings (SSSR count). The van der Waals surface area contributed by atoms with Crippen LogP contribution in [0.3, 0.4) is 0 Å². The first-order valence-electron chi connectivity index (χ1n) is 7.87. The Morgan fingerprint density at radius 1 is 1.07 bits per heavy atom. The summed E-state index contributed by atoms with van der Waals surface area (Å²) in [4.78, 5) is 46.2. The van der Waals surface area contributed by atoms with Gasteiger partial charge in [0.05, 0.1) is 29.2 Å². The van der Waals surface area contributed by atoms with Crippen molar-refractivity contribution in [3.63, 3.8) is 0 Å². The molecular formula is C17H14Cl2N4O6. The topological polar surface area (TPSA) is 140 Å². The van der Waals surface area contributed by atoms with Crippen LogP contribution in [0.25, 0.3) is 0 Å². The van der Waals surface area contributed by atoms with Gasteiger partial charge in [0.2, 0.25) is 0 Å². The molecular weight excluding hydrogens is 427 g/mol. The lowest BCUT2D eigenvalue weighted by atomic mass is 10.1. The lowest BCUT2D eigenvalue weighted by molar-refractivity contribution is -0.385. The monoisotopic (exact) mass is 440 g/mol. The number of carbonyl (C=O) groups is 3. The number of methoxy groups -OCH3 is 1. The molecule has 12 heteroatoms. The molecule has 0 saturated heterocycles. The Kier molecular flexibility index (Phi) is 7.34. The average molecular weight is 441 g/mol. The van der Waals surface area contributed by atoms with Crippen LogP contribution in [0.4, 0.5) is 5.69 Å². The molecule has 29 heavy (non-hydrogen) atoms. The van der Waals surface area contributed by atoms with Crippen molar-refractivity contribution >= 4 is 46.6 Å². The predicted octanol–water partition coefficient (Wildman–Crippen LogP) is 2.10. The molecule has 0 radical (unpaired) electrons. The predicted molar refractivity (Wildman–Crippen MR) is 104 cm³/mol. The molecule has 0 spiro atoms. The van der Waals surface area contributed by atoms with Gasteiger partial charge < -0.3 is 10.1 Å². The zero-order chi connectivity index (χ0) is 21.6. The number of nitro benzene ring substituents is 1. The summed E-state index contributed by atoms with van der Waals surface area (Å²) in [5, 5.41) is 13.7. The molecule has 0 unspecified atom stereocenters. The van der Waals surface area contributed by atoms with Gasteiger partial charge in [-0.3, -0.25) is 35.3 Å². The molecule has 3 N–H and O–H groups in total. The highest BCUT2D eigenvalue weighted by Gasteiger charge is 2.19. The number of hydrazine groups is 1. The molecule has 2 aromatic carbocycles. The van der Waals surface area contributed by atoms with Crippen LogP contribution in [0, 0.1) is 10.1 Å². The van der Waals surface area contributed by atoms with Crippen molar-refractivity contribution in [3.8, 4) is 5.75 Å². The minimum absolute atomic E-state index is 0.00770. The van der Waals surface area contributed by atoms with Crippen LogP contribution >= 0.6 is 23.2 Å². The maximum Gasteiger partial charge on any atom is 0.311 e. The maximum absolute atomic E-state index is 12.1. The summed E-state index contributed by atoms with van der Waals surface area (Å²) in [6.07, 6.45) is 0. The summed E-state index contributed by atoms with van der Waals surface area (Å²) in [6, 6.07) is 7.84. The first-order chi connectivity index (χ1) is 13.7. The summed E-state index contributed by atoms with van der Waals surface area (Å²) >= 11 is 11.7. The number of carbonyl (C=O) groups excluding carboxylic acids is 3. The zero-order valence-corrected chi connectivity index (χ0v) is 16.3. The summed E-state index contributed by atoms with van der Waals surface area (Å²) in [5.41, 5.74) is 3.84. The smallest absolute Gasteiger partial charge is 0.311 e. The van der Waals surface area contributed by atoms with Crippen molar-refractivity contribution in [2.45, 2.75) is 0 Å². The molecule has 0 saturated carbocycles. The van der Waals surface area contributed by atoms with Crippen molar-refractivity contribution in [1.82, 2.24) is 16.2 Å². The van der Waals surface area contributed by atoms with Crippen LogP contribution in [0.15, 0.2) is 36.4 Å². The van der Waals surface area contributed by atoms with Gasteiger partial charge in [-0.1, -0.05) is 23.2 Å². The van der Waals surface area contributed by atoms with Gasteiger partial charge in [0.25, 0.3) is 17.7 Å². The van der Waals surface area contributed by atoms with Crippen molar-refractivity contribution < 1.29 is 24.0 Å². The number of hydrogen-bond donors (Lipinski definition) is 3. The van der Waals surface area contributed by atoms with Crippen molar-refractivity contribution in [2.75, 3.05) is 13.7 Å². The largest absolute Gasteiger partial charge is 0.490 e. The van der Waals surface area contributed by atoms with Crippen LogP contribution in [-0.4, -0.2) is 36.3 Å². The highest BCUT2D eigenvalue weighted by molar-refractivity contribution is 6.35. The van der Waals surface area contributed by atoms with Gasteiger partial charge in [0, 0.05) is 16.7 Å². The van der Waals surface area contributed by atoms with Crippen molar-refractivity contribution in [3.05, 3.63) is 67.7 Å². The van der Waals surface area contributed by atoms with E-state index in [4.69, 9.17) is 27.9 Å². The van der Waals surface area contributed by atoms with E-state index in [1.54, 1.807) is 0 Å². The quantitative estimate of drug-likeness (QED) is 0.464. The fourth-order valence-corrected chi connectivity index (χ4v) is 2.52. The van der Waals surface area contributed by atoms with Gasteiger partial charge in [-0.15, -0.1) is 0 Å². The number of halogens is 2. The number of nitrogens with one attached hydrogen (secondary N) is 3. The average Bonchev–Trinajstić information content (AvgIpc) is 2.71. The summed E-state index contributed by atoms with van der Waals surface area (Å²) in [7, 11) is 1.26. The van der Waals surface area contributed by atoms with Crippen molar-refractivity contribution in [1.29, 1.82) is 0 Å². The third kappa shape index (κ3) is 5.80. The van der Waals surface area contributed by atoms with Crippen LogP contribution in [0.1, 0.15) is 20.7 Å². The van der Waals surface area contributed by atoms with E-state index >= 15 is 0 Å². The second kappa shape index (κ2) is 9.71. The fraction of sp³-hybridized carbons (Fsp3) is 0.118. The van der Waals surface area contributed by atoms with E-state index in [-0.39, 0.29) is 26.9 Å². The van der Waals surface area contributed by atoms with E-state index in [0.29, 0.717) is 0 Å². The highest BCUT2D eigenvalue weighted by atomic mass is 35.5. The lowest BCUT2D eigenvalue weighted by Crippen LogP contribution is -2.46. The minimum Gasteiger partial charge on any atom is -0.490 e. The Morgan fingerprint density at radius 2 is 1.79 bits per heavy atom. The Morgan fingerprint density at radius 3 is 2.45 bits per heavy atom. The SMILES string of the molecule is COc1ccc(C(=O)NCC(=O)NNC(=O)c2cc(Cl)ccc2Cl)cc1[N+](=O)[O-]. The van der Waals surface area contributed by atoms with Crippen LogP contribution in [0.5, 0.6) is 5.75 Å². The molecule has 0 heterocycles. The van der Waals surface area contributed by atoms with Gasteiger partial charge in [0.15, 0.2) is 5.75 Å². The highest BCUT2D eigenvalue weighted by Crippen LogP contribution is 2.27. The molecule has 2 aromatic rings. The molecule has 10 nitrogen and oxygen atoms in total. The van der Waals surface area contributed by atoms with E-state index in [2.05, 4.69) is 16.2 Å². The van der Waals surface area contributed by atoms with Crippen LogP contribution in [-0.2, 0) is 4.79 Å². The van der Waals surface area contributed by atoms with E-state index in [9.17, 15) is 24.5 Å². The van der Waals surface area contributed by atoms with Gasteiger partial charge in [-0.25, -0.2) is 0 Å². The number of nitrogens with zero attached hydrogens (tertiary/aromatic N) is 1. The third-order valence-electron chi connectivity index (χ3n) is 3.54. The molecule has 0 aromatic heterocycles. The molecule has 152 valence electrons. The van der Waals surface area contributed by atoms with Crippen LogP contribution in [0.2, 0.25) is 10.0 Å². The number of ether oxygens (including phenoxy) is 1. The first-order valence-corrected chi connectivity index (χ1v) is 8.63. The Bertz CT molecular complexity index is 982. The summed E-state index contributed by atoms with van der Waals surface area (Å²) < 4.78 is 4.85. The van der Waals surface area contributed by atoms with Crippen LogP contribution < -0.4 is 20.9 Å². The van der Waals surface area contributed by atoms with Crippen molar-refractivity contribution in [2.24, 2.45) is 0 Å². The van der Waals surface area contributed by atoms with Gasteiger partial charge >= 0.3 is 5.69 Å².